The van der Waals surface area contributed by atoms with Gasteiger partial charge in [0.2, 0.25) is 0 Å². The van der Waals surface area contributed by atoms with Gasteiger partial charge in [0, 0.05) is 47.9 Å². The fourth-order valence-corrected chi connectivity index (χ4v) is 12.4. The Bertz CT molecular complexity index is 3060. The highest BCUT2D eigenvalue weighted by molar-refractivity contribution is 8.32. The van der Waals surface area contributed by atoms with Gasteiger partial charge in [0.05, 0.1) is 5.69 Å². The lowest BCUT2D eigenvalue weighted by molar-refractivity contribution is 0.660. The van der Waals surface area contributed by atoms with Crippen molar-refractivity contribution >= 4 is 69.4 Å². The van der Waals surface area contributed by atoms with E-state index in [9.17, 15) is 0 Å². The Morgan fingerprint density at radius 3 is 1.60 bits per heavy atom. The van der Waals surface area contributed by atoms with Crippen molar-refractivity contribution < 1.29 is 0 Å². The van der Waals surface area contributed by atoms with Crippen LogP contribution in [0.25, 0.3) is 64.3 Å². The molecular formula is C55H47NS2. The van der Waals surface area contributed by atoms with E-state index in [4.69, 9.17) is 0 Å². The average molecular weight is 786 g/mol. The Kier molecular flexibility index (Phi) is 7.63. The smallest absolute Gasteiger partial charge is 0.0540 e. The molecule has 284 valence electrons. The van der Waals surface area contributed by atoms with Gasteiger partial charge in [0.25, 0.3) is 0 Å². The van der Waals surface area contributed by atoms with Gasteiger partial charge >= 0.3 is 0 Å². The Balaban J connectivity index is 1.17. The Morgan fingerprint density at radius 1 is 0.431 bits per heavy atom. The number of hydrogen-bond acceptors (Lipinski definition) is 2. The summed E-state index contributed by atoms with van der Waals surface area (Å²) in [4.78, 5) is 4.00. The van der Waals surface area contributed by atoms with Gasteiger partial charge in [0.15, 0.2) is 0 Å². The lowest BCUT2D eigenvalue weighted by Gasteiger charge is -2.31. The van der Waals surface area contributed by atoms with Crippen LogP contribution >= 0.6 is 21.4 Å². The molecule has 0 atom stereocenters. The molecule has 2 aliphatic rings. The van der Waals surface area contributed by atoms with Gasteiger partial charge in [-0.3, -0.25) is 0 Å². The van der Waals surface area contributed by atoms with Crippen LogP contribution in [-0.2, 0) is 10.8 Å². The van der Waals surface area contributed by atoms with Crippen LogP contribution in [0.15, 0.2) is 163 Å². The molecule has 1 aromatic heterocycles. The van der Waals surface area contributed by atoms with Crippen LogP contribution in [0.5, 0.6) is 0 Å². The predicted molar refractivity (Wildman–Crippen MR) is 256 cm³/mol. The monoisotopic (exact) mass is 785 g/mol. The molecule has 1 nitrogen and oxygen atoms in total. The molecule has 2 aliphatic carbocycles. The fraction of sp³-hybridized carbons (Fsp3) is 0.164. The molecule has 0 N–H and O–H groups in total. The van der Waals surface area contributed by atoms with Crippen LogP contribution < -0.4 is 4.90 Å². The maximum Gasteiger partial charge on any atom is 0.0540 e. The molecule has 0 saturated heterocycles. The van der Waals surface area contributed by atoms with Gasteiger partial charge in [-0.1, -0.05) is 137 Å². The van der Waals surface area contributed by atoms with Crippen molar-refractivity contribution in [2.75, 3.05) is 23.7 Å². The van der Waals surface area contributed by atoms with Gasteiger partial charge in [-0.15, -0.1) is 11.3 Å². The minimum absolute atomic E-state index is 0.121. The van der Waals surface area contributed by atoms with Crippen LogP contribution in [0, 0.1) is 0 Å². The minimum atomic E-state index is -0.846. The van der Waals surface area contributed by atoms with E-state index in [0.717, 1.165) is 0 Å². The van der Waals surface area contributed by atoms with E-state index in [1.54, 1.807) is 0 Å². The number of benzene rings is 8. The largest absolute Gasteiger partial charge is 0.310 e. The van der Waals surface area contributed by atoms with Crippen LogP contribution in [-0.4, -0.2) is 18.8 Å². The molecule has 0 radical (unpaired) electrons. The van der Waals surface area contributed by atoms with Gasteiger partial charge < -0.3 is 4.90 Å². The maximum atomic E-state index is 2.54. The van der Waals surface area contributed by atoms with E-state index in [-0.39, 0.29) is 10.8 Å². The number of hydrogen-bond donors (Lipinski definition) is 0. The first-order chi connectivity index (χ1) is 27.9. The summed E-state index contributed by atoms with van der Waals surface area (Å²) in [7, 11) is -0.846. The Hall–Kier alpha value is -5.61. The van der Waals surface area contributed by atoms with Crippen molar-refractivity contribution in [3.63, 3.8) is 0 Å². The lowest BCUT2D eigenvalue weighted by Crippen LogP contribution is -2.18. The highest BCUT2D eigenvalue weighted by atomic mass is 32.3. The number of para-hydroxylation sites is 1. The van der Waals surface area contributed by atoms with Crippen LogP contribution in [0.1, 0.15) is 49.9 Å². The van der Waals surface area contributed by atoms with Crippen molar-refractivity contribution in [2.45, 2.75) is 43.4 Å². The standard InChI is InChI=1S/C55H47NS2/c1-54(2)45-20-11-8-16-38(45)40-27-24-35(31-47(40)54)56(36-25-28-41-39-17-9-12-21-46(39)55(3,4)48(41)32-36)49-22-13-10-18-42(49)43-19-14-15-34-23-30-50-53(52(34)43)44-29-26-37(58(5,6)7)33-51(44)57-50/h8-33H,1-7H3. The average Bonchev–Trinajstić information content (AvgIpc) is 3.80. The van der Waals surface area contributed by atoms with Crippen molar-refractivity contribution in [1.29, 1.82) is 0 Å². The van der Waals surface area contributed by atoms with Gasteiger partial charge in [-0.25, -0.2) is 10.0 Å². The highest BCUT2D eigenvalue weighted by Crippen LogP contribution is 2.55. The Morgan fingerprint density at radius 2 is 0.983 bits per heavy atom. The number of nitrogens with zero attached hydrogens (tertiary/aromatic N) is 1. The molecule has 9 aromatic rings. The summed E-state index contributed by atoms with van der Waals surface area (Å²) in [5.74, 6) is 0. The van der Waals surface area contributed by atoms with Gasteiger partial charge in [0.1, 0.15) is 0 Å². The second kappa shape index (κ2) is 12.4. The van der Waals surface area contributed by atoms with Crippen molar-refractivity contribution in [1.82, 2.24) is 0 Å². The molecule has 0 spiro atoms. The second-order valence-corrected chi connectivity index (χ2v) is 23.3. The summed E-state index contributed by atoms with van der Waals surface area (Å²) in [6.45, 7) is 9.53. The zero-order chi connectivity index (χ0) is 39.7. The molecule has 8 aromatic carbocycles. The van der Waals surface area contributed by atoms with Crippen LogP contribution in [0.3, 0.4) is 0 Å². The first-order valence-electron chi connectivity index (χ1n) is 20.4. The zero-order valence-corrected chi connectivity index (χ0v) is 35.9. The summed E-state index contributed by atoms with van der Waals surface area (Å²) < 4.78 is 2.71. The molecule has 0 amide bonds. The van der Waals surface area contributed by atoms with Crippen molar-refractivity contribution in [3.8, 4) is 33.4 Å². The number of anilines is 3. The fourth-order valence-electron chi connectivity index (χ4n) is 10.2. The summed E-state index contributed by atoms with van der Waals surface area (Å²) >= 11 is 1.93. The second-order valence-electron chi connectivity index (χ2n) is 18.1. The first-order valence-corrected chi connectivity index (χ1v) is 24.0. The molecule has 0 unspecified atom stereocenters. The van der Waals surface area contributed by atoms with Gasteiger partial charge in [-0.05, 0) is 133 Å². The predicted octanol–water partition coefficient (Wildman–Crippen LogP) is 16.0. The van der Waals surface area contributed by atoms with E-state index in [1.165, 1.54) is 109 Å². The summed E-state index contributed by atoms with van der Waals surface area (Å²) in [6, 6.07) is 60.2. The SMILES string of the molecule is CC1(C)c2ccccc2-c2ccc(N(c3ccc4c(c3)C(C)(C)c3ccccc3-4)c3ccccc3-c3cccc4ccc5sc6cc(S(C)(C)C)ccc6c5c34)cc21. The quantitative estimate of drug-likeness (QED) is 0.168. The third-order valence-corrected chi connectivity index (χ3v) is 16.0. The number of fused-ring (bicyclic) bond motifs is 11. The third kappa shape index (κ3) is 5.09. The topological polar surface area (TPSA) is 3.24 Å². The van der Waals surface area contributed by atoms with Gasteiger partial charge in [-0.2, -0.15) is 0 Å². The number of rotatable bonds is 5. The summed E-state index contributed by atoms with van der Waals surface area (Å²) in [5, 5.41) is 5.30. The van der Waals surface area contributed by atoms with Crippen LogP contribution in [0.2, 0.25) is 0 Å². The zero-order valence-electron chi connectivity index (χ0n) is 34.3. The lowest BCUT2D eigenvalue weighted by atomic mass is 9.82. The van der Waals surface area contributed by atoms with Crippen molar-refractivity contribution in [3.05, 3.63) is 180 Å². The third-order valence-electron chi connectivity index (χ3n) is 13.2. The van der Waals surface area contributed by atoms with E-state index >= 15 is 0 Å². The number of thiophene rings is 1. The molecule has 1 heterocycles. The van der Waals surface area contributed by atoms with E-state index < -0.39 is 10.0 Å². The molecule has 11 rings (SSSR count). The molecule has 0 aliphatic heterocycles. The molecule has 0 saturated carbocycles. The highest BCUT2D eigenvalue weighted by Gasteiger charge is 2.38. The molecular weight excluding hydrogens is 739 g/mol. The minimum Gasteiger partial charge on any atom is -0.310 e. The Labute approximate surface area is 347 Å². The summed E-state index contributed by atoms with van der Waals surface area (Å²) in [6.07, 6.45) is 7.16. The maximum absolute atomic E-state index is 2.54. The molecule has 58 heavy (non-hydrogen) atoms. The molecule has 0 fully saturated rings. The normalized spacial score (nSPS) is 15.0. The van der Waals surface area contributed by atoms with E-state index in [1.807, 2.05) is 11.3 Å². The van der Waals surface area contributed by atoms with E-state index in [0.29, 0.717) is 0 Å². The van der Waals surface area contributed by atoms with E-state index in [2.05, 4.69) is 209 Å². The summed E-state index contributed by atoms with van der Waals surface area (Å²) in [5.41, 5.74) is 16.6. The molecule has 0 bridgehead atoms. The van der Waals surface area contributed by atoms with Crippen molar-refractivity contribution in [2.24, 2.45) is 0 Å². The molecule has 3 heteroatoms. The first kappa shape index (κ1) is 35.5. The van der Waals surface area contributed by atoms with Crippen LogP contribution in [0.4, 0.5) is 17.1 Å².